The molecule has 11 rings (SSSR count). The van der Waals surface area contributed by atoms with E-state index in [1.54, 1.807) is 0 Å². The van der Waals surface area contributed by atoms with Gasteiger partial charge in [0.15, 0.2) is 0 Å². The molecule has 0 bridgehead atoms. The number of nitrogens with zero attached hydrogens (tertiary/aromatic N) is 1. The van der Waals surface area contributed by atoms with Crippen LogP contribution >= 0.6 is 0 Å². The number of hydrogen-bond donors (Lipinski definition) is 0. The van der Waals surface area contributed by atoms with E-state index in [9.17, 15) is 0 Å². The van der Waals surface area contributed by atoms with Crippen molar-refractivity contribution in [3.8, 4) is 56.0 Å². The van der Waals surface area contributed by atoms with Crippen LogP contribution in [0.5, 0.6) is 11.5 Å². The van der Waals surface area contributed by atoms with Gasteiger partial charge >= 0.3 is 0 Å². The maximum Gasteiger partial charge on any atom is 0.137 e. The molecule has 2 heterocycles. The fraction of sp³-hybridized carbons (Fsp3) is 0. The minimum atomic E-state index is 0.798. The van der Waals surface area contributed by atoms with Gasteiger partial charge in [0, 0.05) is 44.8 Å². The smallest absolute Gasteiger partial charge is 0.137 e. The monoisotopic (exact) mass is 703 g/mol. The van der Waals surface area contributed by atoms with Gasteiger partial charge < -0.3 is 14.1 Å². The minimum Gasteiger partial charge on any atom is -0.456 e. The summed E-state index contributed by atoms with van der Waals surface area (Å²) < 4.78 is 13.6. The molecule has 0 fully saturated rings. The van der Waals surface area contributed by atoms with Crippen molar-refractivity contribution in [2.24, 2.45) is 0 Å². The van der Waals surface area contributed by atoms with Gasteiger partial charge in [-0.2, -0.15) is 0 Å². The maximum atomic E-state index is 7.07. The molecule has 0 N–H and O–H groups in total. The first kappa shape index (κ1) is 31.2. The zero-order valence-electron chi connectivity index (χ0n) is 29.8. The van der Waals surface area contributed by atoms with Crippen molar-refractivity contribution in [1.82, 2.24) is 0 Å². The molecule has 1 aliphatic heterocycles. The number of rotatable bonds is 5. The molecular weight excluding hydrogens is 671 g/mol. The molecule has 10 aromatic rings. The molecule has 0 spiro atoms. The largest absolute Gasteiger partial charge is 0.456 e. The normalized spacial score (nSPS) is 11.8. The van der Waals surface area contributed by atoms with Crippen molar-refractivity contribution < 1.29 is 9.15 Å². The Hall–Kier alpha value is -7.36. The zero-order chi connectivity index (χ0) is 36.3. The summed E-state index contributed by atoms with van der Waals surface area (Å²) in [5.41, 5.74) is 13.7. The molecule has 9 aromatic carbocycles. The topological polar surface area (TPSA) is 25.6 Å². The standard InChI is InChI=1S/C52H33NO2/c1-3-14-34(15-4-1)37-27-31-48-44(32-37)51-40-20-8-7-18-36(40)26-29-43(51)52-46(23-13-25-49(52)54-48)53(45-22-11-9-19-39(45)35-16-5-2-6-17-35)38-28-30-42-41-21-10-12-24-47(41)55-50(42)33-38/h1-33H. The van der Waals surface area contributed by atoms with Crippen LogP contribution < -0.4 is 9.64 Å². The second-order valence-corrected chi connectivity index (χ2v) is 14.0. The molecule has 0 saturated heterocycles. The Bertz CT molecular complexity index is 3070. The van der Waals surface area contributed by atoms with Gasteiger partial charge in [0.2, 0.25) is 0 Å². The Morgan fingerprint density at radius 1 is 0.345 bits per heavy atom. The van der Waals surface area contributed by atoms with E-state index >= 15 is 0 Å². The predicted molar refractivity (Wildman–Crippen MR) is 228 cm³/mol. The molecule has 3 heteroatoms. The van der Waals surface area contributed by atoms with E-state index in [1.165, 1.54) is 16.3 Å². The van der Waals surface area contributed by atoms with Crippen LogP contribution in [0.15, 0.2) is 205 Å². The van der Waals surface area contributed by atoms with E-state index in [0.29, 0.717) is 0 Å². The summed E-state index contributed by atoms with van der Waals surface area (Å²) in [5, 5.41) is 4.56. The molecule has 0 atom stereocenters. The van der Waals surface area contributed by atoms with Crippen molar-refractivity contribution >= 4 is 49.8 Å². The van der Waals surface area contributed by atoms with E-state index in [4.69, 9.17) is 9.15 Å². The highest BCUT2D eigenvalue weighted by Gasteiger charge is 2.29. The molecule has 0 unspecified atom stereocenters. The van der Waals surface area contributed by atoms with Crippen LogP contribution in [0, 0.1) is 0 Å². The first-order valence-electron chi connectivity index (χ1n) is 18.7. The molecule has 258 valence electrons. The molecule has 0 saturated carbocycles. The molecule has 0 amide bonds. The van der Waals surface area contributed by atoms with Gasteiger partial charge in [-0.3, -0.25) is 0 Å². The van der Waals surface area contributed by atoms with Crippen molar-refractivity contribution in [1.29, 1.82) is 0 Å². The Morgan fingerprint density at radius 3 is 1.93 bits per heavy atom. The Balaban J connectivity index is 1.21. The minimum absolute atomic E-state index is 0.798. The third-order valence-electron chi connectivity index (χ3n) is 10.9. The summed E-state index contributed by atoms with van der Waals surface area (Å²) in [5.74, 6) is 1.63. The molecule has 0 aliphatic carbocycles. The first-order chi connectivity index (χ1) is 27.3. The van der Waals surface area contributed by atoms with Gasteiger partial charge in [0.25, 0.3) is 0 Å². The predicted octanol–water partition coefficient (Wildman–Crippen LogP) is 15.0. The summed E-state index contributed by atoms with van der Waals surface area (Å²) >= 11 is 0. The first-order valence-corrected chi connectivity index (χ1v) is 18.7. The number of furan rings is 1. The van der Waals surface area contributed by atoms with Crippen LogP contribution in [0.2, 0.25) is 0 Å². The molecule has 1 aliphatic rings. The molecule has 3 nitrogen and oxygen atoms in total. The van der Waals surface area contributed by atoms with Gasteiger partial charge in [0.05, 0.1) is 11.4 Å². The highest BCUT2D eigenvalue weighted by atomic mass is 16.5. The SMILES string of the molecule is c1ccc(-c2ccc3c(c2)-c2c(ccc4ccccc24)-c2c(cccc2N(c2ccc4c(c2)oc2ccccc24)c2ccccc2-c2ccccc2)O3)cc1. The van der Waals surface area contributed by atoms with Crippen LogP contribution in [0.3, 0.4) is 0 Å². The number of anilines is 3. The molecule has 1 aromatic heterocycles. The summed E-state index contributed by atoms with van der Waals surface area (Å²) in [6.45, 7) is 0. The van der Waals surface area contributed by atoms with Crippen LogP contribution in [0.4, 0.5) is 17.1 Å². The lowest BCUT2D eigenvalue weighted by atomic mass is 9.87. The number of hydrogen-bond acceptors (Lipinski definition) is 3. The lowest BCUT2D eigenvalue weighted by Crippen LogP contribution is -2.12. The van der Waals surface area contributed by atoms with Gasteiger partial charge in [-0.25, -0.2) is 0 Å². The van der Waals surface area contributed by atoms with Crippen LogP contribution in [-0.2, 0) is 0 Å². The van der Waals surface area contributed by atoms with Gasteiger partial charge in [0.1, 0.15) is 22.7 Å². The van der Waals surface area contributed by atoms with Crippen LogP contribution in [0.25, 0.3) is 77.2 Å². The molecular formula is C52H33NO2. The van der Waals surface area contributed by atoms with Crippen molar-refractivity contribution in [3.05, 3.63) is 200 Å². The van der Waals surface area contributed by atoms with E-state index < -0.39 is 0 Å². The summed E-state index contributed by atoms with van der Waals surface area (Å²) in [6, 6.07) is 70.9. The fourth-order valence-electron chi connectivity index (χ4n) is 8.37. The highest BCUT2D eigenvalue weighted by molar-refractivity contribution is 6.11. The quantitative estimate of drug-likeness (QED) is 0.178. The van der Waals surface area contributed by atoms with Crippen LogP contribution in [-0.4, -0.2) is 0 Å². The van der Waals surface area contributed by atoms with Gasteiger partial charge in [-0.15, -0.1) is 0 Å². The van der Waals surface area contributed by atoms with Crippen molar-refractivity contribution in [2.75, 3.05) is 4.90 Å². The van der Waals surface area contributed by atoms with Crippen molar-refractivity contribution in [2.45, 2.75) is 0 Å². The number of para-hydroxylation sites is 2. The third-order valence-corrected chi connectivity index (χ3v) is 10.9. The Kier molecular flexibility index (Phi) is 7.17. The zero-order valence-corrected chi connectivity index (χ0v) is 29.8. The molecule has 55 heavy (non-hydrogen) atoms. The number of ether oxygens (including phenoxy) is 1. The molecule has 0 radical (unpaired) electrons. The average molecular weight is 704 g/mol. The second kappa shape index (κ2) is 12.6. The third kappa shape index (κ3) is 5.13. The maximum absolute atomic E-state index is 7.07. The number of fused-ring (bicyclic) bond motifs is 10. The van der Waals surface area contributed by atoms with E-state index in [2.05, 4.69) is 193 Å². The summed E-state index contributed by atoms with van der Waals surface area (Å²) in [6.07, 6.45) is 0. The van der Waals surface area contributed by atoms with Gasteiger partial charge in [-0.05, 0) is 81.6 Å². The van der Waals surface area contributed by atoms with Crippen molar-refractivity contribution in [3.63, 3.8) is 0 Å². The van der Waals surface area contributed by atoms with E-state index in [1.807, 2.05) is 12.1 Å². The number of benzene rings is 9. The Morgan fingerprint density at radius 2 is 1.05 bits per heavy atom. The van der Waals surface area contributed by atoms with Crippen LogP contribution in [0.1, 0.15) is 0 Å². The lowest BCUT2D eigenvalue weighted by Gasteiger charge is -2.30. The fourth-order valence-corrected chi connectivity index (χ4v) is 8.37. The average Bonchev–Trinajstić information content (AvgIpc) is 3.55. The summed E-state index contributed by atoms with van der Waals surface area (Å²) in [4.78, 5) is 2.38. The lowest BCUT2D eigenvalue weighted by molar-refractivity contribution is 0.488. The highest BCUT2D eigenvalue weighted by Crippen LogP contribution is 2.55. The Labute approximate surface area is 318 Å². The van der Waals surface area contributed by atoms with E-state index in [0.717, 1.165) is 89.4 Å². The summed E-state index contributed by atoms with van der Waals surface area (Å²) in [7, 11) is 0. The second-order valence-electron chi connectivity index (χ2n) is 14.0. The van der Waals surface area contributed by atoms with Gasteiger partial charge in [-0.1, -0.05) is 146 Å². The van der Waals surface area contributed by atoms with E-state index in [-0.39, 0.29) is 0 Å².